The van der Waals surface area contributed by atoms with Crippen LogP contribution in [-0.2, 0) is 0 Å². The van der Waals surface area contributed by atoms with Gasteiger partial charge in [-0.25, -0.2) is 0 Å². The van der Waals surface area contributed by atoms with Crippen molar-refractivity contribution in [2.45, 2.75) is 13.8 Å². The van der Waals surface area contributed by atoms with Gasteiger partial charge in [-0.05, 0) is 42.5 Å². The second kappa shape index (κ2) is 5.55. The summed E-state index contributed by atoms with van der Waals surface area (Å²) in [6, 6.07) is 10.6. The highest BCUT2D eigenvalue weighted by molar-refractivity contribution is 6.16. The van der Waals surface area contributed by atoms with Gasteiger partial charge < -0.3 is 4.98 Å². The van der Waals surface area contributed by atoms with E-state index in [1.54, 1.807) is 0 Å². The van der Waals surface area contributed by atoms with Crippen molar-refractivity contribution in [3.8, 4) is 0 Å². The lowest BCUT2D eigenvalue weighted by Gasteiger charge is -2.08. The lowest BCUT2D eigenvalue weighted by Crippen LogP contribution is -1.87. The monoisotopic (exact) mass is 318 g/mol. The molecule has 0 unspecified atom stereocenters. The van der Waals surface area contributed by atoms with Gasteiger partial charge in [0.05, 0.1) is 5.52 Å². The lowest BCUT2D eigenvalue weighted by molar-refractivity contribution is 1.35. The van der Waals surface area contributed by atoms with Crippen LogP contribution in [0.5, 0.6) is 0 Å². The number of para-hydroxylation sites is 1. The maximum absolute atomic E-state index is 4.28. The molecule has 0 spiro atoms. The highest BCUT2D eigenvalue weighted by atomic mass is 35.5. The number of aromatic amines is 1. The smallest absolute Gasteiger partial charge is 0.0503 e. The molecule has 0 amide bonds. The quantitative estimate of drug-likeness (QED) is 0.466. The van der Waals surface area contributed by atoms with E-state index < -0.39 is 0 Å². The van der Waals surface area contributed by atoms with Gasteiger partial charge in [0.2, 0.25) is 0 Å². The Hall–Kier alpha value is -1.77. The van der Waals surface area contributed by atoms with E-state index in [-0.39, 0.29) is 24.8 Å². The van der Waals surface area contributed by atoms with Crippen LogP contribution in [0.15, 0.2) is 42.7 Å². The summed E-state index contributed by atoms with van der Waals surface area (Å²) in [6.07, 6.45) is 3.84. The molecule has 21 heavy (non-hydrogen) atoms. The van der Waals surface area contributed by atoms with Crippen LogP contribution in [-0.4, -0.2) is 9.97 Å². The fourth-order valence-corrected chi connectivity index (χ4v) is 3.10. The van der Waals surface area contributed by atoms with Crippen LogP contribution < -0.4 is 0 Å². The Labute approximate surface area is 135 Å². The van der Waals surface area contributed by atoms with Crippen molar-refractivity contribution in [1.82, 2.24) is 9.97 Å². The third-order valence-electron chi connectivity index (χ3n) is 4.09. The molecule has 0 atom stereocenters. The van der Waals surface area contributed by atoms with Crippen LogP contribution in [0.1, 0.15) is 11.1 Å². The molecule has 2 nitrogen and oxygen atoms in total. The standard InChI is InChI=1S/C17H14N2.2ClH/c1-10-14-9-18-8-7-12(14)11(2)17-16(10)13-5-3-4-6-15(13)19-17;;/h3-9,19H,1-2H3;2*1H. The zero-order valence-electron chi connectivity index (χ0n) is 11.8. The average Bonchev–Trinajstić information content (AvgIpc) is 2.84. The largest absolute Gasteiger partial charge is 0.354 e. The first-order valence-corrected chi connectivity index (χ1v) is 6.50. The van der Waals surface area contributed by atoms with Crippen molar-refractivity contribution in [3.63, 3.8) is 0 Å². The van der Waals surface area contributed by atoms with E-state index in [1.807, 2.05) is 12.4 Å². The van der Waals surface area contributed by atoms with Crippen LogP contribution in [0.4, 0.5) is 0 Å². The molecule has 0 fully saturated rings. The topological polar surface area (TPSA) is 28.7 Å². The third kappa shape index (κ3) is 2.06. The fraction of sp³-hybridized carbons (Fsp3) is 0.118. The Morgan fingerprint density at radius 2 is 1.62 bits per heavy atom. The van der Waals surface area contributed by atoms with E-state index in [1.165, 1.54) is 43.7 Å². The van der Waals surface area contributed by atoms with Crippen LogP contribution in [0, 0.1) is 13.8 Å². The number of nitrogens with one attached hydrogen (secondary N) is 1. The van der Waals surface area contributed by atoms with Gasteiger partial charge in [0.25, 0.3) is 0 Å². The number of benzene rings is 2. The fourth-order valence-electron chi connectivity index (χ4n) is 3.10. The van der Waals surface area contributed by atoms with Gasteiger partial charge in [0, 0.05) is 34.1 Å². The summed E-state index contributed by atoms with van der Waals surface area (Å²) in [5, 5.41) is 5.15. The summed E-state index contributed by atoms with van der Waals surface area (Å²) in [5.41, 5.74) is 5.06. The molecule has 0 saturated heterocycles. The van der Waals surface area contributed by atoms with E-state index in [2.05, 4.69) is 54.1 Å². The number of nitrogens with zero attached hydrogens (tertiary/aromatic N) is 1. The molecule has 0 radical (unpaired) electrons. The Morgan fingerprint density at radius 1 is 0.857 bits per heavy atom. The lowest BCUT2D eigenvalue weighted by atomic mass is 9.97. The van der Waals surface area contributed by atoms with Crippen LogP contribution >= 0.6 is 24.8 Å². The molecule has 0 aliphatic carbocycles. The molecule has 2 aromatic carbocycles. The average molecular weight is 319 g/mol. The molecular weight excluding hydrogens is 303 g/mol. The Kier molecular flexibility index (Phi) is 4.13. The zero-order chi connectivity index (χ0) is 13.0. The van der Waals surface area contributed by atoms with Gasteiger partial charge in [0.1, 0.15) is 0 Å². The minimum atomic E-state index is 0. The molecule has 2 aromatic heterocycles. The maximum Gasteiger partial charge on any atom is 0.0503 e. The van der Waals surface area contributed by atoms with Crippen molar-refractivity contribution in [2.24, 2.45) is 0 Å². The van der Waals surface area contributed by atoms with Crippen LogP contribution in [0.3, 0.4) is 0 Å². The summed E-state index contributed by atoms with van der Waals surface area (Å²) in [7, 11) is 0. The molecule has 0 aliphatic heterocycles. The van der Waals surface area contributed by atoms with E-state index >= 15 is 0 Å². The van der Waals surface area contributed by atoms with Gasteiger partial charge in [-0.15, -0.1) is 24.8 Å². The normalized spacial score (nSPS) is 10.6. The van der Waals surface area contributed by atoms with Crippen molar-refractivity contribution >= 4 is 57.4 Å². The molecular formula is C17H16Cl2N2. The molecule has 4 heteroatoms. The van der Waals surface area contributed by atoms with Crippen LogP contribution in [0.2, 0.25) is 0 Å². The number of fused-ring (bicyclic) bond motifs is 4. The molecule has 1 N–H and O–H groups in total. The second-order valence-corrected chi connectivity index (χ2v) is 5.09. The van der Waals surface area contributed by atoms with Crippen molar-refractivity contribution < 1.29 is 0 Å². The van der Waals surface area contributed by atoms with Gasteiger partial charge in [-0.3, -0.25) is 4.98 Å². The van der Waals surface area contributed by atoms with Gasteiger partial charge >= 0.3 is 0 Å². The number of rotatable bonds is 0. The molecule has 0 saturated carbocycles. The van der Waals surface area contributed by atoms with Crippen molar-refractivity contribution in [3.05, 3.63) is 53.9 Å². The van der Waals surface area contributed by atoms with Crippen molar-refractivity contribution in [2.75, 3.05) is 0 Å². The third-order valence-corrected chi connectivity index (χ3v) is 4.09. The summed E-state index contributed by atoms with van der Waals surface area (Å²) >= 11 is 0. The van der Waals surface area contributed by atoms with Gasteiger partial charge in [-0.2, -0.15) is 0 Å². The van der Waals surface area contributed by atoms with E-state index in [4.69, 9.17) is 0 Å². The molecule has 4 rings (SSSR count). The highest BCUT2D eigenvalue weighted by Crippen LogP contribution is 2.35. The molecule has 0 aliphatic rings. The minimum Gasteiger partial charge on any atom is -0.354 e. The summed E-state index contributed by atoms with van der Waals surface area (Å²) in [6.45, 7) is 4.37. The van der Waals surface area contributed by atoms with E-state index in [0.717, 1.165) is 0 Å². The number of aryl methyl sites for hydroxylation is 2. The van der Waals surface area contributed by atoms with Crippen molar-refractivity contribution in [1.29, 1.82) is 0 Å². The SMILES string of the molecule is Cc1c2ccncc2c(C)c2c1[nH]c1ccccc12.Cl.Cl. The van der Waals surface area contributed by atoms with Gasteiger partial charge in [0.15, 0.2) is 0 Å². The molecule has 4 aromatic rings. The number of pyridine rings is 1. The van der Waals surface area contributed by atoms with Crippen LogP contribution in [0.25, 0.3) is 32.6 Å². The zero-order valence-corrected chi connectivity index (χ0v) is 13.4. The summed E-state index contributed by atoms with van der Waals surface area (Å²) in [4.78, 5) is 7.83. The van der Waals surface area contributed by atoms with E-state index in [0.29, 0.717) is 0 Å². The predicted molar refractivity (Wildman–Crippen MR) is 95.1 cm³/mol. The second-order valence-electron chi connectivity index (χ2n) is 5.09. The molecule has 0 bridgehead atoms. The number of H-pyrrole nitrogens is 1. The highest BCUT2D eigenvalue weighted by Gasteiger charge is 2.13. The van der Waals surface area contributed by atoms with E-state index in [9.17, 15) is 0 Å². The first-order chi connectivity index (χ1) is 9.27. The maximum atomic E-state index is 4.28. The number of hydrogen-bond acceptors (Lipinski definition) is 1. The minimum absolute atomic E-state index is 0. The Bertz CT molecular complexity index is 942. The Morgan fingerprint density at radius 3 is 2.43 bits per heavy atom. The predicted octanol–water partition coefficient (Wildman–Crippen LogP) is 5.33. The van der Waals surface area contributed by atoms with Gasteiger partial charge in [-0.1, -0.05) is 18.2 Å². The summed E-state index contributed by atoms with van der Waals surface area (Å²) in [5.74, 6) is 0. The first-order valence-electron chi connectivity index (χ1n) is 6.50. The molecule has 2 heterocycles. The summed E-state index contributed by atoms with van der Waals surface area (Å²) < 4.78 is 0. The number of hydrogen-bond donors (Lipinski definition) is 1. The first kappa shape index (κ1) is 15.6. The number of aromatic nitrogens is 2. The Balaban J connectivity index is 0.000000807. The molecule has 108 valence electrons. The number of halogens is 2.